The molecule has 0 bridgehead atoms. The normalized spacial score (nSPS) is 14.9. The van der Waals surface area contributed by atoms with Crippen LogP contribution in [0.25, 0.3) is 10.7 Å². The zero-order chi connectivity index (χ0) is 22.9. The molecule has 1 fully saturated rings. The predicted octanol–water partition coefficient (Wildman–Crippen LogP) is 4.55. The predicted molar refractivity (Wildman–Crippen MR) is 129 cm³/mol. The van der Waals surface area contributed by atoms with Crippen molar-refractivity contribution in [2.75, 3.05) is 26.2 Å². The number of ether oxygens (including phenoxy) is 1. The first-order valence-corrected chi connectivity index (χ1v) is 12.7. The Bertz CT molecular complexity index is 997. The average Bonchev–Trinajstić information content (AvgIpc) is 3.54. The Hall–Kier alpha value is -2.71. The summed E-state index contributed by atoms with van der Waals surface area (Å²) in [7, 11) is 0. The molecule has 0 spiro atoms. The Morgan fingerprint density at radius 3 is 2.88 bits per heavy atom. The molecule has 7 nitrogen and oxygen atoms in total. The summed E-state index contributed by atoms with van der Waals surface area (Å²) < 4.78 is 11.2. The van der Waals surface area contributed by atoms with Gasteiger partial charge in [0, 0.05) is 12.5 Å². The topological polar surface area (TPSA) is 80.5 Å². The molecule has 0 unspecified atom stereocenters. The lowest BCUT2D eigenvalue weighted by atomic mass is 9.96. The van der Waals surface area contributed by atoms with Gasteiger partial charge < -0.3 is 14.6 Å². The van der Waals surface area contributed by atoms with E-state index in [0.29, 0.717) is 24.8 Å². The second-order valence-electron chi connectivity index (χ2n) is 8.39. The largest absolute Gasteiger partial charge is 0.493 e. The van der Waals surface area contributed by atoms with Gasteiger partial charge in [-0.25, -0.2) is 0 Å². The van der Waals surface area contributed by atoms with Crippen LogP contribution >= 0.6 is 11.3 Å². The number of aryl methyl sites for hydroxylation is 1. The zero-order valence-electron chi connectivity index (χ0n) is 19.2. The summed E-state index contributed by atoms with van der Waals surface area (Å²) in [5.41, 5.74) is 1.21. The Balaban J connectivity index is 1.15. The number of nitrogens with one attached hydrogen (secondary N) is 1. The van der Waals surface area contributed by atoms with Crippen molar-refractivity contribution in [1.82, 2.24) is 20.4 Å². The van der Waals surface area contributed by atoms with Crippen molar-refractivity contribution in [2.45, 2.75) is 45.6 Å². The van der Waals surface area contributed by atoms with Crippen molar-refractivity contribution < 1.29 is 14.1 Å². The van der Waals surface area contributed by atoms with Crippen LogP contribution in [0.1, 0.15) is 44.1 Å². The number of thiophene rings is 1. The van der Waals surface area contributed by atoms with E-state index in [9.17, 15) is 4.79 Å². The fourth-order valence-electron chi connectivity index (χ4n) is 4.07. The molecule has 4 rings (SSSR count). The first-order chi connectivity index (χ1) is 16.2. The van der Waals surface area contributed by atoms with Crippen LogP contribution in [0.2, 0.25) is 0 Å². The van der Waals surface area contributed by atoms with E-state index in [0.717, 1.165) is 62.4 Å². The standard InChI is InChI=1S/C25H32N4O3S/c1-2-16-31-21-9-4-3-7-19(21)8-5-13-26-25(30)20-11-14-29(15-12-20)18-23-27-24(28-32-23)22-10-6-17-33-22/h3-4,6-7,9-10,17,20H,2,5,8,11-16,18H2,1H3,(H,26,30). The summed E-state index contributed by atoms with van der Waals surface area (Å²) in [5.74, 6) is 2.48. The highest BCUT2D eigenvalue weighted by Gasteiger charge is 2.25. The molecule has 1 aliphatic heterocycles. The van der Waals surface area contributed by atoms with Crippen LogP contribution in [0.15, 0.2) is 46.3 Å². The van der Waals surface area contributed by atoms with E-state index in [2.05, 4.69) is 33.3 Å². The van der Waals surface area contributed by atoms with Gasteiger partial charge in [0.2, 0.25) is 17.6 Å². The SMILES string of the molecule is CCCOc1ccccc1CCCNC(=O)C1CCN(Cc2nc(-c3cccs3)no2)CC1. The average molecular weight is 469 g/mol. The fraction of sp³-hybridized carbons (Fsp3) is 0.480. The van der Waals surface area contributed by atoms with Gasteiger partial charge >= 0.3 is 0 Å². The molecule has 0 saturated carbocycles. The molecule has 1 amide bonds. The van der Waals surface area contributed by atoms with Crippen molar-refractivity contribution in [3.05, 3.63) is 53.2 Å². The molecule has 0 radical (unpaired) electrons. The molecule has 1 N–H and O–H groups in total. The third kappa shape index (κ3) is 6.65. The van der Waals surface area contributed by atoms with Gasteiger partial charge in [0.25, 0.3) is 0 Å². The van der Waals surface area contributed by atoms with E-state index < -0.39 is 0 Å². The summed E-state index contributed by atoms with van der Waals surface area (Å²) >= 11 is 1.60. The Labute approximate surface area is 199 Å². The molecule has 3 heterocycles. The van der Waals surface area contributed by atoms with Crippen LogP contribution in [0.3, 0.4) is 0 Å². The highest BCUT2D eigenvalue weighted by atomic mass is 32.1. The zero-order valence-corrected chi connectivity index (χ0v) is 20.0. The van der Waals surface area contributed by atoms with Crippen molar-refractivity contribution in [3.63, 3.8) is 0 Å². The number of para-hydroxylation sites is 1. The van der Waals surface area contributed by atoms with E-state index in [1.54, 1.807) is 11.3 Å². The number of carbonyl (C=O) groups excluding carboxylic acids is 1. The van der Waals surface area contributed by atoms with Gasteiger partial charge in [0.05, 0.1) is 18.0 Å². The van der Waals surface area contributed by atoms with Crippen LogP contribution in [0.4, 0.5) is 0 Å². The highest BCUT2D eigenvalue weighted by molar-refractivity contribution is 7.13. The van der Waals surface area contributed by atoms with Crippen molar-refractivity contribution in [1.29, 1.82) is 0 Å². The van der Waals surface area contributed by atoms with E-state index in [-0.39, 0.29) is 11.8 Å². The Kier molecular flexibility index (Phi) is 8.49. The Morgan fingerprint density at radius 1 is 1.24 bits per heavy atom. The monoisotopic (exact) mass is 468 g/mol. The van der Waals surface area contributed by atoms with Gasteiger partial charge in [0.15, 0.2) is 0 Å². The van der Waals surface area contributed by atoms with Gasteiger partial charge in [-0.2, -0.15) is 4.98 Å². The van der Waals surface area contributed by atoms with E-state index >= 15 is 0 Å². The molecule has 0 atom stereocenters. The molecule has 8 heteroatoms. The van der Waals surface area contributed by atoms with Gasteiger partial charge in [-0.15, -0.1) is 11.3 Å². The summed E-state index contributed by atoms with van der Waals surface area (Å²) in [5, 5.41) is 9.21. The Morgan fingerprint density at radius 2 is 2.09 bits per heavy atom. The van der Waals surface area contributed by atoms with Gasteiger partial charge in [-0.1, -0.05) is 36.3 Å². The molecular weight excluding hydrogens is 436 g/mol. The number of hydrogen-bond donors (Lipinski definition) is 1. The maximum atomic E-state index is 12.6. The van der Waals surface area contributed by atoms with Crippen molar-refractivity contribution in [3.8, 4) is 16.5 Å². The highest BCUT2D eigenvalue weighted by Crippen LogP contribution is 2.23. The molecule has 176 valence electrons. The summed E-state index contributed by atoms with van der Waals surface area (Å²) in [6.07, 6.45) is 4.50. The van der Waals surface area contributed by atoms with E-state index in [1.165, 1.54) is 5.56 Å². The van der Waals surface area contributed by atoms with Crippen LogP contribution in [-0.2, 0) is 17.8 Å². The fourth-order valence-corrected chi connectivity index (χ4v) is 4.72. The minimum absolute atomic E-state index is 0.0748. The molecule has 3 aromatic rings. The number of amides is 1. The molecule has 1 aromatic carbocycles. The molecule has 1 saturated heterocycles. The maximum Gasteiger partial charge on any atom is 0.241 e. The van der Waals surface area contributed by atoms with E-state index in [1.807, 2.05) is 35.7 Å². The van der Waals surface area contributed by atoms with Crippen LogP contribution in [-0.4, -0.2) is 47.2 Å². The summed E-state index contributed by atoms with van der Waals surface area (Å²) in [4.78, 5) is 20.4. The van der Waals surface area contributed by atoms with Crippen LogP contribution < -0.4 is 10.1 Å². The van der Waals surface area contributed by atoms with Gasteiger partial charge in [0.1, 0.15) is 5.75 Å². The molecule has 0 aliphatic carbocycles. The van der Waals surface area contributed by atoms with Gasteiger partial charge in [-0.3, -0.25) is 9.69 Å². The molecule has 33 heavy (non-hydrogen) atoms. The number of carbonyl (C=O) groups is 1. The number of nitrogens with zero attached hydrogens (tertiary/aromatic N) is 3. The molecular formula is C25H32N4O3S. The number of piperidine rings is 1. The van der Waals surface area contributed by atoms with E-state index in [4.69, 9.17) is 9.26 Å². The number of hydrogen-bond acceptors (Lipinski definition) is 7. The number of benzene rings is 1. The number of likely N-dealkylation sites (tertiary alicyclic amines) is 1. The third-order valence-electron chi connectivity index (χ3n) is 5.88. The van der Waals surface area contributed by atoms with Crippen molar-refractivity contribution in [2.24, 2.45) is 5.92 Å². The van der Waals surface area contributed by atoms with Gasteiger partial charge in [-0.05, 0) is 68.3 Å². The lowest BCUT2D eigenvalue weighted by Crippen LogP contribution is -2.40. The van der Waals surface area contributed by atoms with Crippen LogP contribution in [0.5, 0.6) is 5.75 Å². The number of aromatic nitrogens is 2. The second kappa shape index (κ2) is 12.0. The van der Waals surface area contributed by atoms with Crippen molar-refractivity contribution >= 4 is 17.2 Å². The summed E-state index contributed by atoms with van der Waals surface area (Å²) in [6, 6.07) is 12.1. The smallest absolute Gasteiger partial charge is 0.241 e. The first kappa shape index (κ1) is 23.4. The first-order valence-electron chi connectivity index (χ1n) is 11.8. The molecule has 2 aromatic heterocycles. The minimum atomic E-state index is 0.0748. The second-order valence-corrected chi connectivity index (χ2v) is 9.34. The lowest BCUT2D eigenvalue weighted by Gasteiger charge is -2.30. The number of rotatable bonds is 11. The maximum absolute atomic E-state index is 12.6. The summed E-state index contributed by atoms with van der Waals surface area (Å²) in [6.45, 7) is 5.87. The van der Waals surface area contributed by atoms with Crippen LogP contribution in [0, 0.1) is 5.92 Å². The quantitative estimate of drug-likeness (QED) is 0.416. The lowest BCUT2D eigenvalue weighted by molar-refractivity contribution is -0.126. The minimum Gasteiger partial charge on any atom is -0.493 e. The third-order valence-corrected chi connectivity index (χ3v) is 6.75. The molecule has 1 aliphatic rings.